The molecule has 4 nitrogen and oxygen atoms in total. The molecular formula is C16H14N4. The number of benzene rings is 1. The Morgan fingerprint density at radius 2 is 2.00 bits per heavy atom. The van der Waals surface area contributed by atoms with E-state index in [9.17, 15) is 0 Å². The van der Waals surface area contributed by atoms with Gasteiger partial charge in [-0.2, -0.15) is 0 Å². The third-order valence-corrected chi connectivity index (χ3v) is 3.67. The number of nitrogen functional groups attached to an aromatic ring is 1. The summed E-state index contributed by atoms with van der Waals surface area (Å²) in [5.74, 6) is 0.919. The van der Waals surface area contributed by atoms with Gasteiger partial charge in [0.1, 0.15) is 5.82 Å². The molecule has 0 saturated carbocycles. The molecule has 0 unspecified atom stereocenters. The van der Waals surface area contributed by atoms with Crippen molar-refractivity contribution in [2.75, 3.05) is 5.73 Å². The summed E-state index contributed by atoms with van der Waals surface area (Å²) >= 11 is 0. The zero-order valence-electron chi connectivity index (χ0n) is 11.1. The predicted octanol–water partition coefficient (Wildman–Crippen LogP) is 3.37. The summed E-state index contributed by atoms with van der Waals surface area (Å²) in [4.78, 5) is 8.00. The van der Waals surface area contributed by atoms with Crippen molar-refractivity contribution >= 4 is 22.1 Å². The van der Waals surface area contributed by atoms with Gasteiger partial charge in [-0.05, 0) is 25.1 Å². The number of hydrogen-bond acceptors (Lipinski definition) is 2. The van der Waals surface area contributed by atoms with Crippen LogP contribution in [0.5, 0.6) is 0 Å². The summed E-state index contributed by atoms with van der Waals surface area (Å²) in [6.45, 7) is 2.02. The number of nitrogens with one attached hydrogen (secondary N) is 1. The highest BCUT2D eigenvalue weighted by Gasteiger charge is 2.13. The lowest BCUT2D eigenvalue weighted by atomic mass is 10.1. The number of fused-ring (bicyclic) bond motifs is 2. The average molecular weight is 262 g/mol. The Kier molecular flexibility index (Phi) is 2.15. The molecule has 0 fully saturated rings. The first kappa shape index (κ1) is 11.1. The average Bonchev–Trinajstić information content (AvgIpc) is 3.00. The molecule has 4 aromatic rings. The van der Waals surface area contributed by atoms with Crippen LogP contribution in [-0.2, 0) is 0 Å². The number of hydrogen-bond donors (Lipinski definition) is 2. The zero-order chi connectivity index (χ0) is 13.7. The highest BCUT2D eigenvalue weighted by atomic mass is 15.0. The second-order valence-corrected chi connectivity index (χ2v) is 4.99. The first-order chi connectivity index (χ1) is 9.74. The van der Waals surface area contributed by atoms with Crippen molar-refractivity contribution in [3.8, 4) is 11.4 Å². The van der Waals surface area contributed by atoms with Crippen LogP contribution < -0.4 is 5.73 Å². The first-order valence-corrected chi connectivity index (χ1v) is 6.55. The fraction of sp³-hybridized carbons (Fsp3) is 0.0625. The Morgan fingerprint density at radius 3 is 2.90 bits per heavy atom. The van der Waals surface area contributed by atoms with Gasteiger partial charge < -0.3 is 10.7 Å². The molecule has 1 aromatic carbocycles. The standard InChI is InChI=1S/C16H14N4/c1-10-15-7-6-11(17)9-20(15)16(19-10)13-8-18-14-5-3-2-4-12(13)14/h2-9,18H,17H2,1H3. The second kappa shape index (κ2) is 3.87. The Labute approximate surface area is 115 Å². The molecule has 0 aliphatic carbocycles. The number of nitrogens with two attached hydrogens (primary N) is 1. The van der Waals surface area contributed by atoms with E-state index in [0.717, 1.165) is 33.8 Å². The van der Waals surface area contributed by atoms with Crippen molar-refractivity contribution in [3.63, 3.8) is 0 Å². The molecule has 3 heterocycles. The molecule has 0 radical (unpaired) electrons. The number of aromatic nitrogens is 3. The third kappa shape index (κ3) is 1.45. The summed E-state index contributed by atoms with van der Waals surface area (Å²) in [6.07, 6.45) is 3.93. The summed E-state index contributed by atoms with van der Waals surface area (Å²) in [7, 11) is 0. The number of H-pyrrole nitrogens is 1. The van der Waals surface area contributed by atoms with Crippen molar-refractivity contribution in [2.24, 2.45) is 0 Å². The van der Waals surface area contributed by atoms with Gasteiger partial charge in [-0.1, -0.05) is 18.2 Å². The molecule has 0 spiro atoms. The molecule has 4 rings (SSSR count). The molecule has 3 aromatic heterocycles. The van der Waals surface area contributed by atoms with Gasteiger partial charge in [-0.25, -0.2) is 4.98 Å². The van der Waals surface area contributed by atoms with Crippen LogP contribution in [0.25, 0.3) is 27.8 Å². The molecule has 0 amide bonds. The molecule has 3 N–H and O–H groups in total. The molecule has 0 saturated heterocycles. The van der Waals surface area contributed by atoms with Gasteiger partial charge >= 0.3 is 0 Å². The Morgan fingerprint density at radius 1 is 1.15 bits per heavy atom. The van der Waals surface area contributed by atoms with Gasteiger partial charge in [0.05, 0.1) is 11.2 Å². The topological polar surface area (TPSA) is 59.1 Å². The largest absolute Gasteiger partial charge is 0.398 e. The number of imidazole rings is 1. The van der Waals surface area contributed by atoms with Gasteiger partial charge in [-0.3, -0.25) is 4.40 Å². The van der Waals surface area contributed by atoms with Crippen LogP contribution in [0.4, 0.5) is 5.69 Å². The molecule has 0 atom stereocenters. The number of aryl methyl sites for hydroxylation is 1. The van der Waals surface area contributed by atoms with Crippen LogP contribution in [0.3, 0.4) is 0 Å². The number of rotatable bonds is 1. The first-order valence-electron chi connectivity index (χ1n) is 6.55. The molecule has 0 aliphatic heterocycles. The van der Waals surface area contributed by atoms with Gasteiger partial charge in [0.2, 0.25) is 0 Å². The number of para-hydroxylation sites is 1. The molecule has 98 valence electrons. The van der Waals surface area contributed by atoms with Gasteiger partial charge in [0.15, 0.2) is 0 Å². The maximum atomic E-state index is 5.91. The van der Waals surface area contributed by atoms with Crippen LogP contribution in [0.2, 0.25) is 0 Å². The van der Waals surface area contributed by atoms with Crippen LogP contribution in [0.15, 0.2) is 48.8 Å². The van der Waals surface area contributed by atoms with E-state index >= 15 is 0 Å². The smallest absolute Gasteiger partial charge is 0.147 e. The van der Waals surface area contributed by atoms with E-state index in [1.807, 2.05) is 43.6 Å². The summed E-state index contributed by atoms with van der Waals surface area (Å²) < 4.78 is 2.06. The lowest BCUT2D eigenvalue weighted by molar-refractivity contribution is 1.16. The lowest BCUT2D eigenvalue weighted by Gasteiger charge is -2.01. The highest BCUT2D eigenvalue weighted by molar-refractivity contribution is 5.94. The van der Waals surface area contributed by atoms with E-state index in [1.165, 1.54) is 5.39 Å². The SMILES string of the molecule is Cc1nc(-c2c[nH]c3ccccc23)n2cc(N)ccc12. The Hall–Kier alpha value is -2.75. The van der Waals surface area contributed by atoms with Gasteiger partial charge in [-0.15, -0.1) is 0 Å². The molecular weight excluding hydrogens is 248 g/mol. The number of anilines is 1. The molecule has 0 bridgehead atoms. The van der Waals surface area contributed by atoms with Crippen molar-refractivity contribution in [3.05, 3.63) is 54.5 Å². The van der Waals surface area contributed by atoms with E-state index < -0.39 is 0 Å². The summed E-state index contributed by atoms with van der Waals surface area (Å²) in [5.41, 5.74) is 10.9. The maximum Gasteiger partial charge on any atom is 0.147 e. The second-order valence-electron chi connectivity index (χ2n) is 4.99. The number of pyridine rings is 1. The molecule has 20 heavy (non-hydrogen) atoms. The fourth-order valence-electron chi connectivity index (χ4n) is 2.70. The monoisotopic (exact) mass is 262 g/mol. The van der Waals surface area contributed by atoms with Crippen molar-refractivity contribution in [2.45, 2.75) is 6.92 Å². The molecule has 0 aliphatic rings. The van der Waals surface area contributed by atoms with Crippen molar-refractivity contribution in [1.82, 2.24) is 14.4 Å². The van der Waals surface area contributed by atoms with Crippen LogP contribution in [-0.4, -0.2) is 14.4 Å². The highest BCUT2D eigenvalue weighted by Crippen LogP contribution is 2.29. The minimum atomic E-state index is 0.732. The Balaban J connectivity index is 2.10. The number of nitrogens with zero attached hydrogens (tertiary/aromatic N) is 2. The Bertz CT molecular complexity index is 930. The van der Waals surface area contributed by atoms with Crippen LogP contribution >= 0.6 is 0 Å². The van der Waals surface area contributed by atoms with Crippen molar-refractivity contribution < 1.29 is 0 Å². The number of aromatic amines is 1. The summed E-state index contributed by atoms with van der Waals surface area (Å²) in [6, 6.07) is 12.1. The lowest BCUT2D eigenvalue weighted by Crippen LogP contribution is -1.92. The normalized spacial score (nSPS) is 11.4. The predicted molar refractivity (Wildman–Crippen MR) is 81.6 cm³/mol. The van der Waals surface area contributed by atoms with E-state index in [4.69, 9.17) is 10.7 Å². The van der Waals surface area contributed by atoms with Crippen molar-refractivity contribution in [1.29, 1.82) is 0 Å². The quantitative estimate of drug-likeness (QED) is 0.552. The minimum absolute atomic E-state index is 0.732. The maximum absolute atomic E-state index is 5.91. The van der Waals surface area contributed by atoms with Gasteiger partial charge in [0.25, 0.3) is 0 Å². The van der Waals surface area contributed by atoms with E-state index in [2.05, 4.69) is 21.5 Å². The third-order valence-electron chi connectivity index (χ3n) is 3.67. The molecule has 4 heteroatoms. The fourth-order valence-corrected chi connectivity index (χ4v) is 2.70. The zero-order valence-corrected chi connectivity index (χ0v) is 11.1. The van der Waals surface area contributed by atoms with E-state index in [-0.39, 0.29) is 0 Å². The van der Waals surface area contributed by atoms with Gasteiger partial charge in [0, 0.05) is 34.5 Å². The van der Waals surface area contributed by atoms with Crippen LogP contribution in [0, 0.1) is 6.92 Å². The minimum Gasteiger partial charge on any atom is -0.398 e. The van der Waals surface area contributed by atoms with E-state index in [1.54, 1.807) is 0 Å². The van der Waals surface area contributed by atoms with Crippen LogP contribution in [0.1, 0.15) is 5.69 Å². The summed E-state index contributed by atoms with van der Waals surface area (Å²) in [5, 5.41) is 1.17. The van der Waals surface area contributed by atoms with E-state index in [0.29, 0.717) is 0 Å².